The van der Waals surface area contributed by atoms with Gasteiger partial charge in [0.15, 0.2) is 0 Å². The van der Waals surface area contributed by atoms with Crippen LogP contribution in [0.15, 0.2) is 28.7 Å². The first-order valence-corrected chi connectivity index (χ1v) is 7.50. The van der Waals surface area contributed by atoms with Crippen molar-refractivity contribution in [1.82, 2.24) is 4.90 Å². The summed E-state index contributed by atoms with van der Waals surface area (Å²) in [5.41, 5.74) is 1.05. The molecule has 1 aliphatic rings. The molecule has 1 heterocycles. The van der Waals surface area contributed by atoms with E-state index in [0.29, 0.717) is 19.4 Å². The molecule has 2 amide bonds. The van der Waals surface area contributed by atoms with Crippen LogP contribution in [-0.2, 0) is 9.59 Å². The summed E-state index contributed by atoms with van der Waals surface area (Å²) in [4.78, 5) is 25.6. The zero-order valence-corrected chi connectivity index (χ0v) is 12.6. The van der Waals surface area contributed by atoms with Gasteiger partial charge >= 0.3 is 0 Å². The van der Waals surface area contributed by atoms with E-state index >= 15 is 0 Å². The van der Waals surface area contributed by atoms with Crippen LogP contribution in [0.4, 0.5) is 0 Å². The fraction of sp³-hybridized carbons (Fsp3) is 0.467. The Balaban J connectivity index is 2.11. The third kappa shape index (κ3) is 3.24. The second kappa shape index (κ2) is 6.33. The molecule has 2 rings (SSSR count). The summed E-state index contributed by atoms with van der Waals surface area (Å²) < 4.78 is 0.975. The van der Waals surface area contributed by atoms with Crippen LogP contribution >= 0.6 is 15.9 Å². The van der Waals surface area contributed by atoms with Gasteiger partial charge in [-0.2, -0.15) is 0 Å². The van der Waals surface area contributed by atoms with Gasteiger partial charge in [0.05, 0.1) is 0 Å². The van der Waals surface area contributed by atoms with Crippen molar-refractivity contribution >= 4 is 27.7 Å². The molecule has 19 heavy (non-hydrogen) atoms. The first kappa shape index (κ1) is 14.3. The molecule has 3 nitrogen and oxygen atoms in total. The van der Waals surface area contributed by atoms with Crippen LogP contribution in [0, 0.1) is 0 Å². The topological polar surface area (TPSA) is 37.4 Å². The van der Waals surface area contributed by atoms with Gasteiger partial charge in [-0.25, -0.2) is 0 Å². The molecule has 0 atom stereocenters. The van der Waals surface area contributed by atoms with Gasteiger partial charge in [-0.3, -0.25) is 14.5 Å². The molecule has 0 aromatic heterocycles. The van der Waals surface area contributed by atoms with Crippen molar-refractivity contribution in [3.8, 4) is 0 Å². The van der Waals surface area contributed by atoms with Gasteiger partial charge in [-0.15, -0.1) is 0 Å². The average Bonchev–Trinajstić information content (AvgIpc) is 2.38. The Hall–Kier alpha value is -1.16. The van der Waals surface area contributed by atoms with Gasteiger partial charge in [0.1, 0.15) is 0 Å². The maximum Gasteiger partial charge on any atom is 0.229 e. The first-order chi connectivity index (χ1) is 9.13. The summed E-state index contributed by atoms with van der Waals surface area (Å²) in [5.74, 6) is -0.0654. The van der Waals surface area contributed by atoms with Crippen LogP contribution in [0.3, 0.4) is 0 Å². The van der Waals surface area contributed by atoms with Crippen LogP contribution in [0.5, 0.6) is 0 Å². The monoisotopic (exact) mass is 323 g/mol. The zero-order chi connectivity index (χ0) is 13.8. The van der Waals surface area contributed by atoms with Crippen LogP contribution in [0.1, 0.15) is 44.1 Å². The normalized spacial score (nSPS) is 17.1. The van der Waals surface area contributed by atoms with E-state index in [1.807, 2.05) is 24.3 Å². The van der Waals surface area contributed by atoms with Gasteiger partial charge in [0.25, 0.3) is 0 Å². The second-order valence-corrected chi connectivity index (χ2v) is 5.77. The quantitative estimate of drug-likeness (QED) is 0.795. The predicted molar refractivity (Wildman–Crippen MR) is 77.7 cm³/mol. The fourth-order valence-corrected chi connectivity index (χ4v) is 3.05. The first-order valence-electron chi connectivity index (χ1n) is 6.71. The van der Waals surface area contributed by atoms with Gasteiger partial charge in [-0.1, -0.05) is 47.5 Å². The summed E-state index contributed by atoms with van der Waals surface area (Å²) in [6, 6.07) is 7.82. The third-order valence-corrected chi connectivity index (χ3v) is 4.25. The number of rotatable bonds is 4. The number of likely N-dealkylation sites (tertiary alicyclic amines) is 1. The summed E-state index contributed by atoms with van der Waals surface area (Å²) in [7, 11) is 0. The lowest BCUT2D eigenvalue weighted by molar-refractivity contribution is -0.148. The minimum atomic E-state index is -0.0366. The molecule has 1 fully saturated rings. The van der Waals surface area contributed by atoms with E-state index in [4.69, 9.17) is 0 Å². The summed E-state index contributed by atoms with van der Waals surface area (Å²) in [6.07, 6.45) is 2.73. The maximum absolute atomic E-state index is 12.1. The lowest BCUT2D eigenvalue weighted by Gasteiger charge is -2.30. The number of unbranched alkanes of at least 4 members (excludes halogenated alkanes) is 1. The molecule has 1 aliphatic heterocycles. The Morgan fingerprint density at radius 1 is 1.21 bits per heavy atom. The van der Waals surface area contributed by atoms with E-state index in [1.165, 1.54) is 4.90 Å². The molecular formula is C15H18BrNO2. The van der Waals surface area contributed by atoms with Crippen molar-refractivity contribution in [2.45, 2.75) is 38.5 Å². The SMILES string of the molecule is CCCCN1C(=O)CC(c2ccccc2Br)CC1=O. The lowest BCUT2D eigenvalue weighted by atomic mass is 9.88. The van der Waals surface area contributed by atoms with E-state index in [-0.39, 0.29) is 17.7 Å². The van der Waals surface area contributed by atoms with Crippen LogP contribution in [0.2, 0.25) is 0 Å². The van der Waals surface area contributed by atoms with Gasteiger partial charge in [0.2, 0.25) is 11.8 Å². The van der Waals surface area contributed by atoms with Gasteiger partial charge in [-0.05, 0) is 18.1 Å². The number of carbonyl (C=O) groups is 2. The second-order valence-electron chi connectivity index (χ2n) is 4.92. The lowest BCUT2D eigenvalue weighted by Crippen LogP contribution is -2.43. The number of imide groups is 1. The van der Waals surface area contributed by atoms with E-state index in [0.717, 1.165) is 22.9 Å². The zero-order valence-electron chi connectivity index (χ0n) is 11.1. The minimum Gasteiger partial charge on any atom is -0.283 e. The summed E-state index contributed by atoms with van der Waals surface area (Å²) in [6.45, 7) is 2.62. The Labute approximate surface area is 122 Å². The Bertz CT molecular complexity index is 469. The molecule has 1 aromatic carbocycles. The van der Waals surface area contributed by atoms with Crippen molar-refractivity contribution in [3.05, 3.63) is 34.3 Å². The molecule has 0 aliphatic carbocycles. The number of carbonyl (C=O) groups excluding carboxylic acids is 2. The highest BCUT2D eigenvalue weighted by Crippen LogP contribution is 2.33. The smallest absolute Gasteiger partial charge is 0.229 e. The fourth-order valence-electron chi connectivity index (χ4n) is 2.44. The molecule has 102 valence electrons. The molecule has 4 heteroatoms. The highest BCUT2D eigenvalue weighted by molar-refractivity contribution is 9.10. The van der Waals surface area contributed by atoms with E-state index in [9.17, 15) is 9.59 Å². The van der Waals surface area contributed by atoms with E-state index < -0.39 is 0 Å². The maximum atomic E-state index is 12.1. The van der Waals surface area contributed by atoms with Crippen molar-refractivity contribution in [2.24, 2.45) is 0 Å². The van der Waals surface area contributed by atoms with Crippen molar-refractivity contribution in [3.63, 3.8) is 0 Å². The molecule has 1 aromatic rings. The predicted octanol–water partition coefficient (Wildman–Crippen LogP) is 3.48. The molecular weight excluding hydrogens is 306 g/mol. The molecule has 1 saturated heterocycles. The van der Waals surface area contributed by atoms with Gasteiger partial charge in [0, 0.05) is 29.8 Å². The molecule has 0 saturated carbocycles. The Kier molecular flexibility index (Phi) is 4.75. The number of hydrogen-bond donors (Lipinski definition) is 0. The molecule has 0 bridgehead atoms. The number of halogens is 1. The van der Waals surface area contributed by atoms with Crippen molar-refractivity contribution in [1.29, 1.82) is 0 Å². The van der Waals surface area contributed by atoms with Crippen LogP contribution < -0.4 is 0 Å². The van der Waals surface area contributed by atoms with Crippen molar-refractivity contribution in [2.75, 3.05) is 6.54 Å². The van der Waals surface area contributed by atoms with Gasteiger partial charge < -0.3 is 0 Å². The molecule has 0 spiro atoms. The number of hydrogen-bond acceptors (Lipinski definition) is 2. The summed E-state index contributed by atoms with van der Waals surface area (Å²) >= 11 is 3.49. The number of nitrogens with zero attached hydrogens (tertiary/aromatic N) is 1. The molecule has 0 radical (unpaired) electrons. The molecule has 0 unspecified atom stereocenters. The van der Waals surface area contributed by atoms with Crippen LogP contribution in [-0.4, -0.2) is 23.3 Å². The largest absolute Gasteiger partial charge is 0.283 e. The third-order valence-electron chi connectivity index (χ3n) is 3.52. The van der Waals surface area contributed by atoms with E-state index in [1.54, 1.807) is 0 Å². The molecule has 0 N–H and O–H groups in total. The minimum absolute atomic E-state index is 0.00783. The van der Waals surface area contributed by atoms with E-state index in [2.05, 4.69) is 22.9 Å². The highest BCUT2D eigenvalue weighted by Gasteiger charge is 2.33. The standard InChI is InChI=1S/C15H18BrNO2/c1-2-3-8-17-14(18)9-11(10-15(17)19)12-6-4-5-7-13(12)16/h4-7,11H,2-3,8-10H2,1H3. The number of benzene rings is 1. The summed E-state index contributed by atoms with van der Waals surface area (Å²) in [5, 5.41) is 0. The average molecular weight is 324 g/mol. The highest BCUT2D eigenvalue weighted by atomic mass is 79.9. The van der Waals surface area contributed by atoms with Crippen molar-refractivity contribution < 1.29 is 9.59 Å². The number of amides is 2. The Morgan fingerprint density at radius 3 is 2.42 bits per heavy atom. The van der Waals surface area contributed by atoms with Crippen LogP contribution in [0.25, 0.3) is 0 Å². The number of piperidine rings is 1. The Morgan fingerprint density at radius 2 is 1.84 bits per heavy atom.